The van der Waals surface area contributed by atoms with Gasteiger partial charge in [-0.05, 0) is 11.1 Å². The summed E-state index contributed by atoms with van der Waals surface area (Å²) in [6.07, 6.45) is -1.33. The molecule has 0 aliphatic heterocycles. The molecule has 0 aliphatic rings. The number of hydrogen-bond acceptors (Lipinski definition) is 6. The number of carbonyl (C=O) groups is 1. The van der Waals surface area contributed by atoms with Crippen LogP contribution in [-0.2, 0) is 25.9 Å². The Hall–Kier alpha value is -1.44. The third-order valence-corrected chi connectivity index (χ3v) is 4.51. The second kappa shape index (κ2) is 7.37. The van der Waals surface area contributed by atoms with Gasteiger partial charge in [-0.2, -0.15) is 0 Å². The average molecular weight is 301 g/mol. The van der Waals surface area contributed by atoms with Gasteiger partial charge in [0.05, 0.1) is 31.1 Å². The van der Waals surface area contributed by atoms with Gasteiger partial charge in [0.2, 0.25) is 0 Å². The van der Waals surface area contributed by atoms with Crippen LogP contribution in [0.4, 0.5) is 0 Å². The van der Waals surface area contributed by atoms with Gasteiger partial charge < -0.3 is 15.6 Å². The van der Waals surface area contributed by atoms with Gasteiger partial charge in [-0.1, -0.05) is 24.3 Å². The van der Waals surface area contributed by atoms with Crippen LogP contribution in [0.25, 0.3) is 0 Å². The first kappa shape index (κ1) is 16.6. The van der Waals surface area contributed by atoms with E-state index in [1.807, 2.05) is 0 Å². The molecule has 112 valence electrons. The highest BCUT2D eigenvalue weighted by Crippen LogP contribution is 2.16. The second-order valence-corrected chi connectivity index (χ2v) is 6.63. The Bertz CT molecular complexity index is 538. The molecule has 1 unspecified atom stereocenters. The normalized spacial score (nSPS) is 12.9. The second-order valence-electron chi connectivity index (χ2n) is 4.40. The summed E-state index contributed by atoms with van der Waals surface area (Å²) in [4.78, 5) is 10.9. The van der Waals surface area contributed by atoms with Gasteiger partial charge in [-0.25, -0.2) is 8.42 Å². The van der Waals surface area contributed by atoms with E-state index < -0.39 is 27.7 Å². The van der Waals surface area contributed by atoms with E-state index in [2.05, 4.69) is 4.74 Å². The maximum absolute atomic E-state index is 11.8. The van der Waals surface area contributed by atoms with Crippen LogP contribution in [0.5, 0.6) is 0 Å². The van der Waals surface area contributed by atoms with Crippen molar-refractivity contribution in [1.82, 2.24) is 0 Å². The molecule has 1 atom stereocenters. The van der Waals surface area contributed by atoms with Crippen molar-refractivity contribution >= 4 is 15.8 Å². The summed E-state index contributed by atoms with van der Waals surface area (Å²) in [6.45, 7) is 0.383. The largest absolute Gasteiger partial charge is 0.469 e. The van der Waals surface area contributed by atoms with E-state index in [1.165, 1.54) is 7.11 Å². The molecular formula is C13H19NO5S. The van der Waals surface area contributed by atoms with Crippen LogP contribution in [0.1, 0.15) is 23.7 Å². The molecule has 3 N–H and O–H groups in total. The Labute approximate surface area is 118 Å². The Balaban J connectivity index is 2.63. The van der Waals surface area contributed by atoms with Crippen LogP contribution in [0.3, 0.4) is 0 Å². The van der Waals surface area contributed by atoms with Gasteiger partial charge >= 0.3 is 5.97 Å². The number of aliphatic hydroxyl groups excluding tert-OH is 1. The van der Waals surface area contributed by atoms with E-state index in [9.17, 15) is 18.3 Å². The van der Waals surface area contributed by atoms with Crippen LogP contribution in [0, 0.1) is 0 Å². The van der Waals surface area contributed by atoms with Gasteiger partial charge in [-0.15, -0.1) is 0 Å². The van der Waals surface area contributed by atoms with Crippen molar-refractivity contribution in [3.8, 4) is 0 Å². The molecule has 1 rings (SSSR count). The monoisotopic (exact) mass is 301 g/mol. The van der Waals surface area contributed by atoms with Crippen molar-refractivity contribution in [2.75, 3.05) is 18.6 Å². The molecule has 0 aromatic heterocycles. The lowest BCUT2D eigenvalue weighted by atomic mass is 10.1. The molecule has 0 spiro atoms. The predicted molar refractivity (Wildman–Crippen MR) is 74.6 cm³/mol. The number of carbonyl (C=O) groups excluding carboxylic acids is 1. The molecule has 7 heteroatoms. The molecule has 0 saturated heterocycles. The highest BCUT2D eigenvalue weighted by Gasteiger charge is 2.20. The lowest BCUT2D eigenvalue weighted by molar-refractivity contribution is -0.140. The highest BCUT2D eigenvalue weighted by molar-refractivity contribution is 7.91. The highest BCUT2D eigenvalue weighted by atomic mass is 32.2. The fraction of sp³-hybridized carbons (Fsp3) is 0.462. The van der Waals surface area contributed by atoms with Crippen LogP contribution in [-0.4, -0.2) is 38.1 Å². The number of rotatable bonds is 7. The summed E-state index contributed by atoms with van der Waals surface area (Å²) in [5.41, 5.74) is 6.86. The van der Waals surface area contributed by atoms with Gasteiger partial charge in [0, 0.05) is 6.54 Å². The smallest absolute Gasteiger partial charge is 0.306 e. The maximum Gasteiger partial charge on any atom is 0.306 e. The average Bonchev–Trinajstić information content (AvgIpc) is 2.44. The van der Waals surface area contributed by atoms with Crippen LogP contribution in [0.15, 0.2) is 24.3 Å². The van der Waals surface area contributed by atoms with Gasteiger partial charge in [0.15, 0.2) is 9.84 Å². The molecule has 0 aliphatic carbocycles. The zero-order valence-electron chi connectivity index (χ0n) is 11.3. The molecule has 0 saturated carbocycles. The summed E-state index contributed by atoms with van der Waals surface area (Å²) in [5, 5.41) is 9.92. The molecule has 0 radical (unpaired) electrons. The van der Waals surface area contributed by atoms with E-state index in [0.29, 0.717) is 12.1 Å². The minimum absolute atomic E-state index is 0.211. The fourth-order valence-electron chi connectivity index (χ4n) is 1.64. The lowest BCUT2D eigenvalue weighted by Crippen LogP contribution is -2.19. The van der Waals surface area contributed by atoms with Crippen molar-refractivity contribution in [3.05, 3.63) is 35.4 Å². The number of benzene rings is 1. The zero-order valence-corrected chi connectivity index (χ0v) is 12.1. The quantitative estimate of drug-likeness (QED) is 0.695. The SMILES string of the molecule is COC(=O)CCS(=O)(=O)CC(O)c1ccc(CN)cc1. The van der Waals surface area contributed by atoms with Crippen molar-refractivity contribution in [3.63, 3.8) is 0 Å². The van der Waals surface area contributed by atoms with E-state index in [0.717, 1.165) is 5.56 Å². The molecular weight excluding hydrogens is 282 g/mol. The third kappa shape index (κ3) is 5.28. The molecule has 0 fully saturated rings. The van der Waals surface area contributed by atoms with Crippen LogP contribution < -0.4 is 5.73 Å². The summed E-state index contributed by atoms with van der Waals surface area (Å²) in [6, 6.07) is 6.75. The molecule has 0 heterocycles. The number of esters is 1. The van der Waals surface area contributed by atoms with Crippen molar-refractivity contribution < 1.29 is 23.1 Å². The number of methoxy groups -OCH3 is 1. The van der Waals surface area contributed by atoms with Gasteiger partial charge in [0.25, 0.3) is 0 Å². The van der Waals surface area contributed by atoms with E-state index >= 15 is 0 Å². The van der Waals surface area contributed by atoms with E-state index in [-0.39, 0.29) is 12.2 Å². The number of ether oxygens (including phenoxy) is 1. The lowest BCUT2D eigenvalue weighted by Gasteiger charge is -2.12. The number of sulfone groups is 1. The topological polar surface area (TPSA) is 107 Å². The molecule has 1 aromatic rings. The van der Waals surface area contributed by atoms with E-state index in [4.69, 9.17) is 5.73 Å². The first-order valence-corrected chi connectivity index (χ1v) is 7.94. The molecule has 1 aromatic carbocycles. The predicted octanol–water partition coefficient (Wildman–Crippen LogP) is 0.157. The standard InChI is InChI=1S/C13H19NO5S/c1-19-13(16)6-7-20(17,18)9-12(15)11-4-2-10(8-14)3-5-11/h2-5,12,15H,6-9,14H2,1H3. The van der Waals surface area contributed by atoms with Crippen LogP contribution >= 0.6 is 0 Å². The van der Waals surface area contributed by atoms with Crippen molar-refractivity contribution in [2.45, 2.75) is 19.1 Å². The zero-order chi connectivity index (χ0) is 15.2. The van der Waals surface area contributed by atoms with Gasteiger partial charge in [-0.3, -0.25) is 4.79 Å². The Morgan fingerprint density at radius 3 is 2.45 bits per heavy atom. The summed E-state index contributed by atoms with van der Waals surface area (Å²) >= 11 is 0. The van der Waals surface area contributed by atoms with Crippen LogP contribution in [0.2, 0.25) is 0 Å². The Morgan fingerprint density at radius 2 is 1.95 bits per heavy atom. The minimum Gasteiger partial charge on any atom is -0.469 e. The first-order chi connectivity index (χ1) is 9.38. The molecule has 0 amide bonds. The van der Waals surface area contributed by atoms with Crippen molar-refractivity contribution in [2.24, 2.45) is 5.73 Å². The maximum atomic E-state index is 11.8. The summed E-state index contributed by atoms with van der Waals surface area (Å²) in [5.74, 6) is -1.35. The molecule has 20 heavy (non-hydrogen) atoms. The minimum atomic E-state index is -3.53. The van der Waals surface area contributed by atoms with Gasteiger partial charge in [0.1, 0.15) is 0 Å². The Morgan fingerprint density at radius 1 is 1.35 bits per heavy atom. The summed E-state index contributed by atoms with van der Waals surface area (Å²) in [7, 11) is -2.33. The third-order valence-electron chi connectivity index (χ3n) is 2.86. The first-order valence-electron chi connectivity index (χ1n) is 6.12. The van der Waals surface area contributed by atoms with Crippen molar-refractivity contribution in [1.29, 1.82) is 0 Å². The summed E-state index contributed by atoms with van der Waals surface area (Å²) < 4.78 is 27.9. The molecule has 6 nitrogen and oxygen atoms in total. The number of hydrogen-bond donors (Lipinski definition) is 2. The fourth-order valence-corrected chi connectivity index (χ4v) is 2.95. The molecule has 0 bridgehead atoms. The Kier molecular flexibility index (Phi) is 6.12. The number of nitrogens with two attached hydrogens (primary N) is 1. The number of aliphatic hydroxyl groups is 1. The van der Waals surface area contributed by atoms with E-state index in [1.54, 1.807) is 24.3 Å².